The lowest BCUT2D eigenvalue weighted by molar-refractivity contribution is 0.0313. The highest BCUT2D eigenvalue weighted by molar-refractivity contribution is 7.89. The van der Waals surface area contributed by atoms with Crippen LogP contribution in [-0.4, -0.2) is 56.3 Å². The molecule has 0 spiro atoms. The molecule has 0 saturated carbocycles. The minimum absolute atomic E-state index is 0.152. The van der Waals surface area contributed by atoms with Crippen molar-refractivity contribution >= 4 is 15.7 Å². The van der Waals surface area contributed by atoms with Crippen LogP contribution in [0.1, 0.15) is 30.5 Å². The van der Waals surface area contributed by atoms with Gasteiger partial charge in [-0.05, 0) is 36.6 Å². The molecule has 0 radical (unpaired) electrons. The van der Waals surface area contributed by atoms with Gasteiger partial charge in [0.1, 0.15) is 16.7 Å². The Balaban J connectivity index is 1.45. The largest absolute Gasteiger partial charge is 0.485 e. The lowest BCUT2D eigenvalue weighted by Gasteiger charge is -2.29. The van der Waals surface area contributed by atoms with Crippen molar-refractivity contribution in [1.29, 1.82) is 0 Å². The van der Waals surface area contributed by atoms with Crippen molar-refractivity contribution in [3.05, 3.63) is 90.0 Å². The van der Waals surface area contributed by atoms with Gasteiger partial charge < -0.3 is 19.5 Å². The van der Waals surface area contributed by atoms with Gasteiger partial charge in [0.25, 0.3) is 0 Å². The topological polar surface area (TPSA) is 79.3 Å². The van der Waals surface area contributed by atoms with E-state index in [4.69, 9.17) is 9.47 Å². The number of fused-ring (bicyclic) bond motifs is 1. The first-order valence-corrected chi connectivity index (χ1v) is 13.8. The molecule has 1 N–H and O–H groups in total. The predicted octanol–water partition coefficient (Wildman–Crippen LogP) is 3.99. The average Bonchev–Trinajstić information content (AvgIpc) is 3.29. The van der Waals surface area contributed by atoms with Crippen LogP contribution in [0, 0.1) is 0 Å². The lowest BCUT2D eigenvalue weighted by Crippen LogP contribution is -2.40. The van der Waals surface area contributed by atoms with E-state index in [2.05, 4.69) is 4.90 Å². The van der Waals surface area contributed by atoms with Gasteiger partial charge >= 0.3 is 0 Å². The van der Waals surface area contributed by atoms with Crippen LogP contribution in [0.4, 0.5) is 5.69 Å². The number of sulfonamides is 1. The number of hydrogen-bond donors (Lipinski definition) is 1. The molecule has 0 aliphatic carbocycles. The zero-order chi connectivity index (χ0) is 25.1. The van der Waals surface area contributed by atoms with Crippen LogP contribution >= 0.6 is 0 Å². The maximum Gasteiger partial charge on any atom is 0.247 e. The van der Waals surface area contributed by atoms with E-state index in [0.29, 0.717) is 31.9 Å². The molecule has 190 valence electrons. The minimum Gasteiger partial charge on any atom is -0.485 e. The summed E-state index contributed by atoms with van der Waals surface area (Å²) < 4.78 is 41.7. The quantitative estimate of drug-likeness (QED) is 0.520. The molecule has 0 amide bonds. The molecule has 3 aromatic carbocycles. The van der Waals surface area contributed by atoms with Crippen LogP contribution in [-0.2, 0) is 21.4 Å². The van der Waals surface area contributed by atoms with Crippen molar-refractivity contribution in [2.45, 2.75) is 43.1 Å². The number of benzene rings is 3. The lowest BCUT2D eigenvalue weighted by atomic mass is 10.1. The number of ether oxygens (including phenoxy) is 2. The molecule has 0 bridgehead atoms. The van der Waals surface area contributed by atoms with Crippen molar-refractivity contribution in [2.75, 3.05) is 31.1 Å². The number of nitrogens with zero attached hydrogens (tertiary/aromatic N) is 2. The Hall–Kier alpha value is -2.91. The summed E-state index contributed by atoms with van der Waals surface area (Å²) in [5, 5.41) is 9.97. The number of aliphatic hydroxyl groups excluding tert-OH is 1. The van der Waals surface area contributed by atoms with Gasteiger partial charge in [-0.1, -0.05) is 60.7 Å². The monoisotopic (exact) mass is 508 g/mol. The van der Waals surface area contributed by atoms with E-state index < -0.39 is 16.1 Å². The van der Waals surface area contributed by atoms with E-state index in [1.165, 1.54) is 4.31 Å². The smallest absolute Gasteiger partial charge is 0.247 e. The van der Waals surface area contributed by atoms with Crippen LogP contribution in [0.2, 0.25) is 0 Å². The Kier molecular flexibility index (Phi) is 7.29. The molecule has 2 heterocycles. The second kappa shape index (κ2) is 10.6. The van der Waals surface area contributed by atoms with E-state index >= 15 is 0 Å². The normalized spacial score (nSPS) is 22.4. The summed E-state index contributed by atoms with van der Waals surface area (Å²) in [7, 11) is -3.84. The first-order chi connectivity index (χ1) is 17.4. The fourth-order valence-electron chi connectivity index (χ4n) is 4.85. The van der Waals surface area contributed by atoms with Crippen molar-refractivity contribution in [1.82, 2.24) is 4.31 Å². The first kappa shape index (κ1) is 24.8. The van der Waals surface area contributed by atoms with Crippen LogP contribution in [0.3, 0.4) is 0 Å². The predicted molar refractivity (Wildman–Crippen MR) is 139 cm³/mol. The Morgan fingerprint density at radius 2 is 1.75 bits per heavy atom. The maximum atomic E-state index is 13.9. The molecule has 2 aliphatic rings. The highest BCUT2D eigenvalue weighted by Gasteiger charge is 2.38. The second-order valence-electron chi connectivity index (χ2n) is 9.42. The van der Waals surface area contributed by atoms with E-state index in [-0.39, 0.29) is 30.2 Å². The average molecular weight is 509 g/mol. The molecule has 0 aromatic heterocycles. The van der Waals surface area contributed by atoms with Gasteiger partial charge in [0, 0.05) is 30.9 Å². The summed E-state index contributed by atoms with van der Waals surface area (Å²) in [4.78, 5) is 2.20. The number of β-amino-alcohol motifs (C(OH)–C–C–N with tert-alkyl or cyclic N) is 1. The van der Waals surface area contributed by atoms with Crippen molar-refractivity contribution in [2.24, 2.45) is 0 Å². The number of hydrogen-bond acceptors (Lipinski definition) is 6. The van der Waals surface area contributed by atoms with Crippen LogP contribution < -0.4 is 9.64 Å². The third-order valence-corrected chi connectivity index (χ3v) is 8.82. The first-order valence-electron chi connectivity index (χ1n) is 12.3. The minimum atomic E-state index is -3.84. The molecule has 0 unspecified atom stereocenters. The molecule has 7 nitrogen and oxygen atoms in total. The van der Waals surface area contributed by atoms with Crippen molar-refractivity contribution in [3.8, 4) is 5.75 Å². The molecule has 1 fully saturated rings. The summed E-state index contributed by atoms with van der Waals surface area (Å²) >= 11 is 0. The summed E-state index contributed by atoms with van der Waals surface area (Å²) in [5.41, 5.74) is 2.80. The van der Waals surface area contributed by atoms with Gasteiger partial charge in [0.05, 0.1) is 25.9 Å². The van der Waals surface area contributed by atoms with Crippen LogP contribution in [0.25, 0.3) is 0 Å². The molecule has 36 heavy (non-hydrogen) atoms. The molecular formula is C28H32N2O5S. The fraction of sp³-hybridized carbons (Fsp3) is 0.357. The second-order valence-corrected chi connectivity index (χ2v) is 11.3. The summed E-state index contributed by atoms with van der Waals surface area (Å²) in [6.07, 6.45) is -0.181. The Bertz CT molecular complexity index is 1270. The highest BCUT2D eigenvalue weighted by Crippen LogP contribution is 2.38. The number of rotatable bonds is 7. The van der Waals surface area contributed by atoms with Gasteiger partial charge in [0.15, 0.2) is 0 Å². The molecule has 3 atom stereocenters. The Morgan fingerprint density at radius 1 is 1.03 bits per heavy atom. The summed E-state index contributed by atoms with van der Waals surface area (Å²) in [5.74, 6) is 0.324. The fourth-order valence-corrected chi connectivity index (χ4v) is 6.60. The number of anilines is 1. The third kappa shape index (κ3) is 5.27. The van der Waals surface area contributed by atoms with E-state index in [0.717, 1.165) is 16.8 Å². The summed E-state index contributed by atoms with van der Waals surface area (Å²) in [6.45, 7) is 3.97. The van der Waals surface area contributed by atoms with Crippen LogP contribution in [0.15, 0.2) is 83.8 Å². The highest BCUT2D eigenvalue weighted by atomic mass is 32.2. The third-order valence-electron chi connectivity index (χ3n) is 6.85. The van der Waals surface area contributed by atoms with E-state index in [1.54, 1.807) is 18.2 Å². The van der Waals surface area contributed by atoms with E-state index in [9.17, 15) is 13.5 Å². The summed E-state index contributed by atoms with van der Waals surface area (Å²) in [6, 6.07) is 24.3. The Morgan fingerprint density at radius 3 is 2.44 bits per heavy atom. The van der Waals surface area contributed by atoms with Crippen LogP contribution in [0.5, 0.6) is 5.75 Å². The Labute approximate surface area is 212 Å². The van der Waals surface area contributed by atoms with Gasteiger partial charge in [-0.3, -0.25) is 0 Å². The molecule has 1 saturated heterocycles. The van der Waals surface area contributed by atoms with E-state index in [1.807, 2.05) is 67.6 Å². The molecule has 8 heteroatoms. The standard InChI is InChI=1S/C28H32N2O5S/c1-21(23-10-6-3-7-11-23)30-18-26(20-34-19-22-8-4-2-5-9-22)35-27-16-24(29-15-14-25(31)17-29)12-13-28(27)36(30,32)33/h2-13,16,21,25-26,31H,14-15,17-20H2,1H3/t21-,25+,26-/m1/s1. The van der Waals surface area contributed by atoms with Crippen molar-refractivity contribution < 1.29 is 23.0 Å². The molecule has 2 aliphatic heterocycles. The molecule has 5 rings (SSSR count). The zero-order valence-electron chi connectivity index (χ0n) is 20.4. The van der Waals surface area contributed by atoms with Gasteiger partial charge in [0.2, 0.25) is 10.0 Å². The van der Waals surface area contributed by atoms with Gasteiger partial charge in [-0.2, -0.15) is 4.31 Å². The number of aliphatic hydroxyl groups is 1. The molecule has 3 aromatic rings. The SMILES string of the molecule is C[C@H](c1ccccc1)N1C[C@H](COCc2ccccc2)Oc2cc(N3CC[C@H](O)C3)ccc2S1(=O)=O. The molecular weight excluding hydrogens is 476 g/mol. The van der Waals surface area contributed by atoms with Gasteiger partial charge in [-0.25, -0.2) is 8.42 Å². The van der Waals surface area contributed by atoms with Gasteiger partial charge in [-0.15, -0.1) is 0 Å². The van der Waals surface area contributed by atoms with Crippen molar-refractivity contribution in [3.63, 3.8) is 0 Å². The zero-order valence-corrected chi connectivity index (χ0v) is 21.2. The maximum absolute atomic E-state index is 13.9.